The molecule has 4 nitrogen and oxygen atoms in total. The molecule has 5 heteroatoms. The van der Waals surface area contributed by atoms with E-state index in [1.54, 1.807) is 17.7 Å². The highest BCUT2D eigenvalue weighted by Crippen LogP contribution is 2.31. The third-order valence-corrected chi connectivity index (χ3v) is 4.66. The maximum atomic E-state index is 9.57. The van der Waals surface area contributed by atoms with E-state index in [0.717, 1.165) is 48.4 Å². The van der Waals surface area contributed by atoms with Gasteiger partial charge in [-0.1, -0.05) is 6.92 Å². The molecule has 0 bridgehead atoms. The van der Waals surface area contributed by atoms with Crippen molar-refractivity contribution in [3.05, 3.63) is 17.3 Å². The van der Waals surface area contributed by atoms with E-state index in [1.165, 1.54) is 4.88 Å². The molecule has 2 aromatic rings. The SMILES string of the molecule is CCc1cc2c(N3CCC(O)CC3)ncnc2s1. The molecule has 0 spiro atoms. The van der Waals surface area contributed by atoms with Crippen LogP contribution in [-0.4, -0.2) is 34.3 Å². The quantitative estimate of drug-likeness (QED) is 0.902. The van der Waals surface area contributed by atoms with E-state index in [2.05, 4.69) is 27.9 Å². The summed E-state index contributed by atoms with van der Waals surface area (Å²) in [5.41, 5.74) is 0. The Labute approximate surface area is 110 Å². The lowest BCUT2D eigenvalue weighted by atomic mass is 10.1. The second-order valence-corrected chi connectivity index (χ2v) is 5.82. The molecule has 1 fully saturated rings. The summed E-state index contributed by atoms with van der Waals surface area (Å²) in [4.78, 5) is 13.5. The fourth-order valence-corrected chi connectivity index (χ4v) is 3.33. The number of anilines is 1. The molecule has 0 radical (unpaired) electrons. The highest BCUT2D eigenvalue weighted by atomic mass is 32.1. The minimum atomic E-state index is -0.146. The number of thiophene rings is 1. The first kappa shape index (κ1) is 11.9. The summed E-state index contributed by atoms with van der Waals surface area (Å²) < 4.78 is 0. The summed E-state index contributed by atoms with van der Waals surface area (Å²) in [6.45, 7) is 3.92. The second kappa shape index (κ2) is 4.82. The van der Waals surface area contributed by atoms with Gasteiger partial charge in [-0.05, 0) is 25.3 Å². The van der Waals surface area contributed by atoms with Gasteiger partial charge in [0.15, 0.2) is 0 Å². The van der Waals surface area contributed by atoms with E-state index < -0.39 is 0 Å². The van der Waals surface area contributed by atoms with Crippen LogP contribution in [0.15, 0.2) is 12.4 Å². The maximum absolute atomic E-state index is 9.57. The lowest BCUT2D eigenvalue weighted by Crippen LogP contribution is -2.36. The summed E-state index contributed by atoms with van der Waals surface area (Å²) in [7, 11) is 0. The largest absolute Gasteiger partial charge is 0.393 e. The number of aryl methyl sites for hydroxylation is 1. The van der Waals surface area contributed by atoms with Crippen LogP contribution in [0.25, 0.3) is 10.2 Å². The van der Waals surface area contributed by atoms with Gasteiger partial charge >= 0.3 is 0 Å². The van der Waals surface area contributed by atoms with Crippen LogP contribution in [0.5, 0.6) is 0 Å². The fraction of sp³-hybridized carbons (Fsp3) is 0.538. The van der Waals surface area contributed by atoms with E-state index in [1.807, 2.05) is 0 Å². The Morgan fingerprint density at radius 3 is 2.89 bits per heavy atom. The fourth-order valence-electron chi connectivity index (χ4n) is 2.40. The van der Waals surface area contributed by atoms with Gasteiger partial charge in [0.05, 0.1) is 11.5 Å². The Bertz CT molecular complexity index is 546. The molecule has 0 aliphatic carbocycles. The predicted octanol–water partition coefficient (Wildman–Crippen LogP) is 2.21. The molecule has 1 N–H and O–H groups in total. The Kier molecular flexibility index (Phi) is 3.18. The summed E-state index contributed by atoms with van der Waals surface area (Å²) in [5.74, 6) is 1.03. The van der Waals surface area contributed by atoms with E-state index in [0.29, 0.717) is 0 Å². The zero-order chi connectivity index (χ0) is 12.5. The van der Waals surface area contributed by atoms with E-state index in [9.17, 15) is 5.11 Å². The van der Waals surface area contributed by atoms with E-state index in [-0.39, 0.29) is 6.10 Å². The van der Waals surface area contributed by atoms with Crippen LogP contribution in [0.1, 0.15) is 24.6 Å². The van der Waals surface area contributed by atoms with Gasteiger partial charge in [0.25, 0.3) is 0 Å². The molecule has 0 saturated carbocycles. The lowest BCUT2D eigenvalue weighted by Gasteiger charge is -2.30. The van der Waals surface area contributed by atoms with Crippen molar-refractivity contribution in [1.29, 1.82) is 0 Å². The first-order chi connectivity index (χ1) is 8.78. The maximum Gasteiger partial charge on any atom is 0.140 e. The molecule has 3 rings (SSSR count). The van der Waals surface area contributed by atoms with Gasteiger partial charge in [-0.3, -0.25) is 0 Å². The van der Waals surface area contributed by atoms with Crippen molar-refractivity contribution in [1.82, 2.24) is 9.97 Å². The molecule has 96 valence electrons. The van der Waals surface area contributed by atoms with Gasteiger partial charge in [0, 0.05) is 18.0 Å². The van der Waals surface area contributed by atoms with Crippen molar-refractivity contribution < 1.29 is 5.11 Å². The molecule has 0 atom stereocenters. The van der Waals surface area contributed by atoms with Gasteiger partial charge in [-0.15, -0.1) is 11.3 Å². The van der Waals surface area contributed by atoms with Gasteiger partial charge in [-0.2, -0.15) is 0 Å². The number of aliphatic hydroxyl groups excluding tert-OH is 1. The van der Waals surface area contributed by atoms with Crippen LogP contribution in [-0.2, 0) is 6.42 Å². The third kappa shape index (κ3) is 2.08. The highest BCUT2D eigenvalue weighted by molar-refractivity contribution is 7.18. The Morgan fingerprint density at radius 2 is 2.17 bits per heavy atom. The number of hydrogen-bond donors (Lipinski definition) is 1. The molecule has 1 aliphatic rings. The van der Waals surface area contributed by atoms with Crippen LogP contribution in [0.4, 0.5) is 5.82 Å². The Morgan fingerprint density at radius 1 is 1.39 bits per heavy atom. The van der Waals surface area contributed by atoms with Crippen LogP contribution >= 0.6 is 11.3 Å². The molecule has 0 unspecified atom stereocenters. The summed E-state index contributed by atoms with van der Waals surface area (Å²) in [6.07, 6.45) is 4.21. The third-order valence-electron chi connectivity index (χ3n) is 3.47. The molecule has 18 heavy (non-hydrogen) atoms. The van der Waals surface area contributed by atoms with Crippen LogP contribution in [0, 0.1) is 0 Å². The first-order valence-electron chi connectivity index (χ1n) is 6.44. The van der Waals surface area contributed by atoms with Crippen molar-refractivity contribution in [3.63, 3.8) is 0 Å². The molecule has 2 aromatic heterocycles. The van der Waals surface area contributed by atoms with Crippen LogP contribution < -0.4 is 4.90 Å². The highest BCUT2D eigenvalue weighted by Gasteiger charge is 2.20. The minimum absolute atomic E-state index is 0.146. The number of nitrogens with zero attached hydrogens (tertiary/aromatic N) is 3. The predicted molar refractivity (Wildman–Crippen MR) is 74.2 cm³/mol. The van der Waals surface area contributed by atoms with Gasteiger partial charge in [0.2, 0.25) is 0 Å². The van der Waals surface area contributed by atoms with Crippen LogP contribution in [0.2, 0.25) is 0 Å². The van der Waals surface area contributed by atoms with Crippen molar-refractivity contribution in [3.8, 4) is 0 Å². The normalized spacial score (nSPS) is 17.6. The molecule has 0 aromatic carbocycles. The van der Waals surface area contributed by atoms with Gasteiger partial charge in [0.1, 0.15) is 17.0 Å². The van der Waals surface area contributed by atoms with Crippen molar-refractivity contribution >= 4 is 27.4 Å². The summed E-state index contributed by atoms with van der Waals surface area (Å²) in [5, 5.41) is 10.7. The van der Waals surface area contributed by atoms with Crippen LogP contribution in [0.3, 0.4) is 0 Å². The molecular formula is C13H17N3OS. The number of hydrogen-bond acceptors (Lipinski definition) is 5. The monoisotopic (exact) mass is 263 g/mol. The van der Waals surface area contributed by atoms with Crippen molar-refractivity contribution in [2.75, 3.05) is 18.0 Å². The topological polar surface area (TPSA) is 49.2 Å². The molecule has 1 aliphatic heterocycles. The first-order valence-corrected chi connectivity index (χ1v) is 7.26. The average Bonchev–Trinajstić information content (AvgIpc) is 2.82. The number of rotatable bonds is 2. The molecule has 1 saturated heterocycles. The van der Waals surface area contributed by atoms with Gasteiger partial charge in [-0.25, -0.2) is 9.97 Å². The Balaban J connectivity index is 1.98. The van der Waals surface area contributed by atoms with Crippen molar-refractivity contribution in [2.45, 2.75) is 32.3 Å². The minimum Gasteiger partial charge on any atom is -0.393 e. The molecule has 3 heterocycles. The number of piperidine rings is 1. The average molecular weight is 263 g/mol. The smallest absolute Gasteiger partial charge is 0.140 e. The standard InChI is InChI=1S/C13H17N3OS/c1-2-10-7-11-12(14-8-15-13(11)18-10)16-5-3-9(17)4-6-16/h7-9,17H,2-6H2,1H3. The molecular weight excluding hydrogens is 246 g/mol. The van der Waals surface area contributed by atoms with Crippen molar-refractivity contribution in [2.24, 2.45) is 0 Å². The van der Waals surface area contributed by atoms with Gasteiger partial charge < -0.3 is 10.0 Å². The van der Waals surface area contributed by atoms with E-state index in [4.69, 9.17) is 0 Å². The number of aliphatic hydroxyl groups is 1. The molecule has 0 amide bonds. The summed E-state index contributed by atoms with van der Waals surface area (Å²) >= 11 is 1.75. The van der Waals surface area contributed by atoms with E-state index >= 15 is 0 Å². The lowest BCUT2D eigenvalue weighted by molar-refractivity contribution is 0.145. The zero-order valence-electron chi connectivity index (χ0n) is 10.5. The Hall–Kier alpha value is -1.20. The summed E-state index contributed by atoms with van der Waals surface area (Å²) in [6, 6.07) is 2.21. The number of fused-ring (bicyclic) bond motifs is 1. The second-order valence-electron chi connectivity index (χ2n) is 4.70. The number of aromatic nitrogens is 2. The zero-order valence-corrected chi connectivity index (χ0v) is 11.3.